The highest BCUT2D eigenvalue weighted by atomic mass is 32.1. The highest BCUT2D eigenvalue weighted by Gasteiger charge is 2.22. The molecular weight excluding hydrogens is 424 g/mol. The molecule has 8 nitrogen and oxygen atoms in total. The van der Waals surface area contributed by atoms with Crippen molar-refractivity contribution in [2.45, 2.75) is 64.8 Å². The van der Waals surface area contributed by atoms with Crippen molar-refractivity contribution in [1.82, 2.24) is 25.0 Å². The second-order valence-electron chi connectivity index (χ2n) is 9.00. The van der Waals surface area contributed by atoms with Crippen LogP contribution in [-0.2, 0) is 30.5 Å². The van der Waals surface area contributed by atoms with Crippen molar-refractivity contribution in [3.8, 4) is 0 Å². The maximum Gasteiger partial charge on any atom is 0.226 e. The fourth-order valence-electron chi connectivity index (χ4n) is 4.41. The van der Waals surface area contributed by atoms with Crippen LogP contribution in [0.15, 0.2) is 4.52 Å². The molecule has 32 heavy (non-hydrogen) atoms. The van der Waals surface area contributed by atoms with Crippen LogP contribution < -0.4 is 5.32 Å². The summed E-state index contributed by atoms with van der Waals surface area (Å²) in [5, 5.41) is 8.93. The Morgan fingerprint density at radius 1 is 1.09 bits per heavy atom. The van der Waals surface area contributed by atoms with Gasteiger partial charge < -0.3 is 14.6 Å². The third-order valence-corrected chi connectivity index (χ3v) is 7.38. The monoisotopic (exact) mass is 456 g/mol. The summed E-state index contributed by atoms with van der Waals surface area (Å²) in [6, 6.07) is 0. The van der Waals surface area contributed by atoms with E-state index in [0.29, 0.717) is 5.89 Å². The van der Waals surface area contributed by atoms with Gasteiger partial charge in [0.25, 0.3) is 0 Å². The minimum Gasteiger partial charge on any atom is -0.379 e. The van der Waals surface area contributed by atoms with Gasteiger partial charge in [0.05, 0.1) is 25.1 Å². The van der Waals surface area contributed by atoms with Crippen molar-refractivity contribution in [3.05, 3.63) is 28.0 Å². The molecular formula is C23H32N6O2S. The van der Waals surface area contributed by atoms with Crippen LogP contribution in [0, 0.1) is 0 Å². The Hall–Kier alpha value is -2.10. The summed E-state index contributed by atoms with van der Waals surface area (Å²) in [5.74, 6) is 3.67. The Morgan fingerprint density at radius 2 is 1.94 bits per heavy atom. The molecule has 9 heteroatoms. The van der Waals surface area contributed by atoms with Crippen LogP contribution in [-0.4, -0.2) is 57.9 Å². The smallest absolute Gasteiger partial charge is 0.226 e. The van der Waals surface area contributed by atoms with Gasteiger partial charge in [-0.15, -0.1) is 11.3 Å². The summed E-state index contributed by atoms with van der Waals surface area (Å²) in [7, 11) is 0. The number of fused-ring (bicyclic) bond motifs is 3. The molecule has 172 valence electrons. The first-order valence-electron chi connectivity index (χ1n) is 11.8. The predicted molar refractivity (Wildman–Crippen MR) is 125 cm³/mol. The van der Waals surface area contributed by atoms with Crippen LogP contribution in [0.3, 0.4) is 0 Å². The molecule has 2 aliphatic rings. The van der Waals surface area contributed by atoms with Crippen LogP contribution in [0.1, 0.15) is 67.0 Å². The second-order valence-corrected chi connectivity index (χ2v) is 10.1. The zero-order chi connectivity index (χ0) is 21.9. The second kappa shape index (κ2) is 9.80. The molecule has 0 amide bonds. The van der Waals surface area contributed by atoms with Gasteiger partial charge in [-0.25, -0.2) is 9.97 Å². The number of rotatable bonds is 8. The van der Waals surface area contributed by atoms with Gasteiger partial charge in [0.15, 0.2) is 5.82 Å². The Kier molecular flexibility index (Phi) is 6.66. The van der Waals surface area contributed by atoms with Crippen LogP contribution in [0.5, 0.6) is 0 Å². The number of nitrogens with zero attached hydrogens (tertiary/aromatic N) is 5. The Bertz CT molecular complexity index is 1060. The molecule has 4 heterocycles. The molecule has 1 saturated heterocycles. The van der Waals surface area contributed by atoms with E-state index in [0.717, 1.165) is 81.0 Å². The first kappa shape index (κ1) is 21.7. The van der Waals surface area contributed by atoms with Crippen LogP contribution in [0.25, 0.3) is 10.2 Å². The normalized spacial score (nSPS) is 17.2. The lowest BCUT2D eigenvalue weighted by atomic mass is 9.97. The van der Waals surface area contributed by atoms with Crippen molar-refractivity contribution < 1.29 is 9.26 Å². The molecule has 3 aromatic rings. The van der Waals surface area contributed by atoms with Gasteiger partial charge in [-0.05, 0) is 37.7 Å². The number of nitrogens with one attached hydrogen (secondary N) is 1. The summed E-state index contributed by atoms with van der Waals surface area (Å²) in [4.78, 5) is 19.5. The summed E-state index contributed by atoms with van der Waals surface area (Å²) >= 11 is 1.86. The van der Waals surface area contributed by atoms with E-state index < -0.39 is 0 Å². The van der Waals surface area contributed by atoms with E-state index in [4.69, 9.17) is 19.2 Å². The molecule has 3 aromatic heterocycles. The predicted octanol–water partition coefficient (Wildman–Crippen LogP) is 3.95. The Morgan fingerprint density at radius 3 is 2.75 bits per heavy atom. The quantitative estimate of drug-likeness (QED) is 0.510. The molecule has 0 bridgehead atoms. The SMILES string of the molecule is CC(C)c1noc(CCCNc2nc(CN3CCOCC3)nc3sc4c(c23)CCCC4)n1. The third kappa shape index (κ3) is 4.79. The minimum atomic E-state index is 0.287. The molecule has 0 spiro atoms. The van der Waals surface area contributed by atoms with Crippen molar-refractivity contribution >= 4 is 27.4 Å². The van der Waals surface area contributed by atoms with Gasteiger partial charge in [0.2, 0.25) is 5.89 Å². The topological polar surface area (TPSA) is 89.2 Å². The van der Waals surface area contributed by atoms with Crippen LogP contribution in [0.4, 0.5) is 5.82 Å². The summed E-state index contributed by atoms with van der Waals surface area (Å²) in [6.07, 6.45) is 6.52. The zero-order valence-corrected chi connectivity index (χ0v) is 19.8. The molecule has 1 aliphatic heterocycles. The number of anilines is 1. The van der Waals surface area contributed by atoms with E-state index in [2.05, 4.69) is 34.2 Å². The molecule has 0 atom stereocenters. The van der Waals surface area contributed by atoms with Crippen molar-refractivity contribution in [1.29, 1.82) is 0 Å². The van der Waals surface area contributed by atoms with Crippen molar-refractivity contribution in [2.75, 3.05) is 38.2 Å². The lowest BCUT2D eigenvalue weighted by Crippen LogP contribution is -2.36. The van der Waals surface area contributed by atoms with Crippen molar-refractivity contribution in [2.24, 2.45) is 0 Å². The molecule has 5 rings (SSSR count). The first-order chi connectivity index (χ1) is 15.7. The van der Waals surface area contributed by atoms with E-state index >= 15 is 0 Å². The van der Waals surface area contributed by atoms with Gasteiger partial charge in [0, 0.05) is 36.9 Å². The zero-order valence-electron chi connectivity index (χ0n) is 19.0. The van der Waals surface area contributed by atoms with Gasteiger partial charge in [-0.1, -0.05) is 19.0 Å². The number of aromatic nitrogens is 4. The minimum absolute atomic E-state index is 0.287. The third-order valence-electron chi connectivity index (χ3n) is 6.19. The number of morpholine rings is 1. The average molecular weight is 457 g/mol. The average Bonchev–Trinajstić information content (AvgIpc) is 3.42. The standard InChI is InChI=1S/C23H32N6O2S/c1-15(2)21-27-19(31-28-21)8-5-9-24-22-20-16-6-3-4-7-17(16)32-23(20)26-18(25-22)14-29-10-12-30-13-11-29/h15H,3-14H2,1-2H3,(H,24,25,26). The van der Waals surface area contributed by atoms with Crippen molar-refractivity contribution in [3.63, 3.8) is 0 Å². The number of hydrogen-bond donors (Lipinski definition) is 1. The molecule has 1 fully saturated rings. The highest BCUT2D eigenvalue weighted by molar-refractivity contribution is 7.19. The molecule has 0 radical (unpaired) electrons. The maximum atomic E-state index is 5.49. The summed E-state index contributed by atoms with van der Waals surface area (Å²) in [5.41, 5.74) is 1.47. The fraction of sp³-hybridized carbons (Fsp3) is 0.652. The molecule has 0 unspecified atom stereocenters. The van der Waals surface area contributed by atoms with Gasteiger partial charge in [-0.3, -0.25) is 4.90 Å². The first-order valence-corrected chi connectivity index (χ1v) is 12.7. The van der Waals surface area contributed by atoms with E-state index in [1.54, 1.807) is 0 Å². The number of thiophene rings is 1. The number of ether oxygens (including phenoxy) is 1. The van der Waals surface area contributed by atoms with E-state index in [1.165, 1.54) is 35.1 Å². The molecule has 1 N–H and O–H groups in total. The number of aryl methyl sites for hydroxylation is 3. The number of hydrogen-bond acceptors (Lipinski definition) is 9. The molecule has 1 aliphatic carbocycles. The van der Waals surface area contributed by atoms with Crippen LogP contribution >= 0.6 is 11.3 Å². The van der Waals surface area contributed by atoms with E-state index in [-0.39, 0.29) is 5.92 Å². The van der Waals surface area contributed by atoms with Gasteiger partial charge in [-0.2, -0.15) is 4.98 Å². The summed E-state index contributed by atoms with van der Waals surface area (Å²) in [6.45, 7) is 9.19. The molecule has 0 aromatic carbocycles. The highest BCUT2D eigenvalue weighted by Crippen LogP contribution is 2.38. The largest absolute Gasteiger partial charge is 0.379 e. The summed E-state index contributed by atoms with van der Waals surface area (Å²) < 4.78 is 10.9. The Balaban J connectivity index is 1.32. The Labute approximate surface area is 192 Å². The van der Waals surface area contributed by atoms with Gasteiger partial charge in [0.1, 0.15) is 16.5 Å². The van der Waals surface area contributed by atoms with Crippen LogP contribution in [0.2, 0.25) is 0 Å². The lowest BCUT2D eigenvalue weighted by Gasteiger charge is -2.25. The van der Waals surface area contributed by atoms with Gasteiger partial charge >= 0.3 is 0 Å². The lowest BCUT2D eigenvalue weighted by molar-refractivity contribution is 0.0331. The fourth-order valence-corrected chi connectivity index (χ4v) is 5.69. The van der Waals surface area contributed by atoms with E-state index in [9.17, 15) is 0 Å². The molecule has 0 saturated carbocycles. The maximum absolute atomic E-state index is 5.49. The van der Waals surface area contributed by atoms with E-state index in [1.807, 2.05) is 11.3 Å².